The van der Waals surface area contributed by atoms with Gasteiger partial charge in [-0.3, -0.25) is 0 Å². The van der Waals surface area contributed by atoms with Gasteiger partial charge in [-0.1, -0.05) is 12.8 Å². The number of hydrogen-bond acceptors (Lipinski definition) is 5. The van der Waals surface area contributed by atoms with E-state index >= 15 is 0 Å². The molecule has 0 saturated heterocycles. The zero-order valence-corrected chi connectivity index (χ0v) is 11.0. The van der Waals surface area contributed by atoms with E-state index in [-0.39, 0.29) is 11.6 Å². The SMILES string of the molecule is CCOC1(c2nc(C(=O)OC)cs2)CCCC1. The highest BCUT2D eigenvalue weighted by Crippen LogP contribution is 2.43. The maximum Gasteiger partial charge on any atom is 0.357 e. The minimum atomic E-state index is -0.378. The van der Waals surface area contributed by atoms with Crippen LogP contribution in [0, 0.1) is 0 Å². The summed E-state index contributed by atoms with van der Waals surface area (Å²) in [5, 5.41) is 2.66. The van der Waals surface area contributed by atoms with Gasteiger partial charge in [-0.05, 0) is 19.8 Å². The average molecular weight is 255 g/mol. The monoisotopic (exact) mass is 255 g/mol. The first-order valence-corrected chi connectivity index (χ1v) is 6.78. The van der Waals surface area contributed by atoms with E-state index in [2.05, 4.69) is 9.72 Å². The summed E-state index contributed by atoms with van der Waals surface area (Å²) >= 11 is 1.49. The van der Waals surface area contributed by atoms with E-state index in [1.807, 2.05) is 6.92 Å². The molecule has 1 aliphatic rings. The van der Waals surface area contributed by atoms with Crippen molar-refractivity contribution in [1.82, 2.24) is 4.98 Å². The van der Waals surface area contributed by atoms with Crippen LogP contribution in [0.25, 0.3) is 0 Å². The second-order valence-corrected chi connectivity index (χ2v) is 5.02. The van der Waals surface area contributed by atoms with Crippen LogP contribution in [0.3, 0.4) is 0 Å². The molecule has 0 radical (unpaired) electrons. The zero-order chi connectivity index (χ0) is 12.3. The average Bonchev–Trinajstić information content (AvgIpc) is 2.97. The summed E-state index contributed by atoms with van der Waals surface area (Å²) in [7, 11) is 1.37. The van der Waals surface area contributed by atoms with Crippen molar-refractivity contribution in [2.45, 2.75) is 38.2 Å². The number of thiazole rings is 1. The van der Waals surface area contributed by atoms with Gasteiger partial charge in [-0.2, -0.15) is 0 Å². The number of methoxy groups -OCH3 is 1. The second-order valence-electron chi connectivity index (χ2n) is 4.16. The second kappa shape index (κ2) is 5.14. The highest BCUT2D eigenvalue weighted by atomic mass is 32.1. The maximum absolute atomic E-state index is 11.4. The molecule has 1 aromatic heterocycles. The third-order valence-corrected chi connectivity index (χ3v) is 4.15. The van der Waals surface area contributed by atoms with Gasteiger partial charge in [0.05, 0.1) is 7.11 Å². The van der Waals surface area contributed by atoms with E-state index < -0.39 is 0 Å². The summed E-state index contributed by atoms with van der Waals surface area (Å²) in [6.45, 7) is 2.67. The van der Waals surface area contributed by atoms with Crippen LogP contribution in [-0.4, -0.2) is 24.7 Å². The quantitative estimate of drug-likeness (QED) is 0.776. The minimum absolute atomic E-state index is 0.258. The fourth-order valence-electron chi connectivity index (χ4n) is 2.32. The Morgan fingerprint density at radius 2 is 2.24 bits per heavy atom. The van der Waals surface area contributed by atoms with Gasteiger partial charge in [0.2, 0.25) is 0 Å². The van der Waals surface area contributed by atoms with Gasteiger partial charge < -0.3 is 9.47 Å². The predicted molar refractivity (Wildman–Crippen MR) is 65.2 cm³/mol. The lowest BCUT2D eigenvalue weighted by Crippen LogP contribution is -2.26. The topological polar surface area (TPSA) is 48.4 Å². The fourth-order valence-corrected chi connectivity index (χ4v) is 3.32. The molecule has 17 heavy (non-hydrogen) atoms. The van der Waals surface area contributed by atoms with Gasteiger partial charge >= 0.3 is 5.97 Å². The number of hydrogen-bond donors (Lipinski definition) is 0. The summed E-state index contributed by atoms with van der Waals surface area (Å²) in [5.41, 5.74) is 0.129. The highest BCUT2D eigenvalue weighted by molar-refractivity contribution is 7.10. The Morgan fingerprint density at radius 3 is 2.82 bits per heavy atom. The number of rotatable bonds is 4. The van der Waals surface area contributed by atoms with E-state index in [1.165, 1.54) is 18.4 Å². The summed E-state index contributed by atoms with van der Waals surface area (Å²) in [6, 6.07) is 0. The first kappa shape index (κ1) is 12.5. The summed E-state index contributed by atoms with van der Waals surface area (Å²) in [5.74, 6) is -0.378. The molecule has 0 spiro atoms. The molecular weight excluding hydrogens is 238 g/mol. The molecule has 1 saturated carbocycles. The zero-order valence-electron chi connectivity index (χ0n) is 10.2. The van der Waals surface area contributed by atoms with Crippen molar-refractivity contribution in [3.8, 4) is 0 Å². The molecule has 94 valence electrons. The molecule has 1 aromatic rings. The molecular formula is C12H17NO3S. The predicted octanol–water partition coefficient (Wildman–Crippen LogP) is 2.74. The minimum Gasteiger partial charge on any atom is -0.464 e. The number of nitrogens with zero attached hydrogens (tertiary/aromatic N) is 1. The van der Waals surface area contributed by atoms with Crippen molar-refractivity contribution in [1.29, 1.82) is 0 Å². The standard InChI is InChI=1S/C12H17NO3S/c1-3-16-12(6-4-5-7-12)11-13-9(8-17-11)10(14)15-2/h8H,3-7H2,1-2H3. The molecule has 0 atom stereocenters. The number of carbonyl (C=O) groups is 1. The van der Waals surface area contributed by atoms with Crippen molar-refractivity contribution >= 4 is 17.3 Å². The molecule has 4 nitrogen and oxygen atoms in total. The van der Waals surface area contributed by atoms with E-state index in [0.29, 0.717) is 12.3 Å². The van der Waals surface area contributed by atoms with Gasteiger partial charge in [0.25, 0.3) is 0 Å². The summed E-state index contributed by atoms with van der Waals surface area (Å²) in [4.78, 5) is 15.8. The van der Waals surface area contributed by atoms with Gasteiger partial charge in [0.15, 0.2) is 5.69 Å². The Labute approximate surface area is 105 Å². The van der Waals surface area contributed by atoms with Crippen LogP contribution >= 0.6 is 11.3 Å². The molecule has 0 amide bonds. The number of esters is 1. The lowest BCUT2D eigenvalue weighted by atomic mass is 10.0. The third kappa shape index (κ3) is 2.35. The molecule has 5 heteroatoms. The molecule has 0 bridgehead atoms. The van der Waals surface area contributed by atoms with Crippen molar-refractivity contribution < 1.29 is 14.3 Å². The normalized spacial score (nSPS) is 18.2. The van der Waals surface area contributed by atoms with Gasteiger partial charge in [0.1, 0.15) is 10.6 Å². The number of ether oxygens (including phenoxy) is 2. The highest BCUT2D eigenvalue weighted by Gasteiger charge is 2.39. The van der Waals surface area contributed by atoms with Crippen LogP contribution in [0.5, 0.6) is 0 Å². The van der Waals surface area contributed by atoms with Crippen LogP contribution in [0.15, 0.2) is 5.38 Å². The molecule has 2 rings (SSSR count). The van der Waals surface area contributed by atoms with Crippen molar-refractivity contribution in [2.75, 3.05) is 13.7 Å². The molecule has 0 aromatic carbocycles. The van der Waals surface area contributed by atoms with Crippen molar-refractivity contribution in [3.63, 3.8) is 0 Å². The Morgan fingerprint density at radius 1 is 1.53 bits per heavy atom. The van der Waals surface area contributed by atoms with Crippen molar-refractivity contribution in [3.05, 3.63) is 16.1 Å². The smallest absolute Gasteiger partial charge is 0.357 e. The van der Waals surface area contributed by atoms with E-state index in [4.69, 9.17) is 4.74 Å². The fraction of sp³-hybridized carbons (Fsp3) is 0.667. The molecule has 1 fully saturated rings. The first-order valence-electron chi connectivity index (χ1n) is 5.90. The molecule has 0 aliphatic heterocycles. The van der Waals surface area contributed by atoms with E-state index in [0.717, 1.165) is 30.7 Å². The molecule has 1 aliphatic carbocycles. The molecule has 1 heterocycles. The molecule has 0 unspecified atom stereocenters. The largest absolute Gasteiger partial charge is 0.464 e. The lowest BCUT2D eigenvalue weighted by Gasteiger charge is -2.26. The van der Waals surface area contributed by atoms with Crippen LogP contribution in [0.1, 0.15) is 48.1 Å². The van der Waals surface area contributed by atoms with E-state index in [9.17, 15) is 4.79 Å². The van der Waals surface area contributed by atoms with Crippen LogP contribution < -0.4 is 0 Å². The Hall–Kier alpha value is -0.940. The Bertz CT molecular complexity index is 396. The van der Waals surface area contributed by atoms with E-state index in [1.54, 1.807) is 5.38 Å². The third-order valence-electron chi connectivity index (χ3n) is 3.12. The summed E-state index contributed by atoms with van der Waals surface area (Å²) in [6.07, 6.45) is 4.31. The lowest BCUT2D eigenvalue weighted by molar-refractivity contribution is -0.0391. The van der Waals surface area contributed by atoms with Crippen LogP contribution in [-0.2, 0) is 15.1 Å². The van der Waals surface area contributed by atoms with Gasteiger partial charge in [-0.25, -0.2) is 9.78 Å². The maximum atomic E-state index is 11.4. The van der Waals surface area contributed by atoms with Crippen LogP contribution in [0.2, 0.25) is 0 Å². The van der Waals surface area contributed by atoms with Crippen LogP contribution in [0.4, 0.5) is 0 Å². The Balaban J connectivity index is 2.25. The van der Waals surface area contributed by atoms with Gasteiger partial charge in [0, 0.05) is 12.0 Å². The van der Waals surface area contributed by atoms with Gasteiger partial charge in [-0.15, -0.1) is 11.3 Å². The first-order chi connectivity index (χ1) is 8.22. The Kier molecular flexibility index (Phi) is 3.79. The summed E-state index contributed by atoms with van der Waals surface area (Å²) < 4.78 is 10.6. The molecule has 0 N–H and O–H groups in total. The van der Waals surface area contributed by atoms with Crippen molar-refractivity contribution in [2.24, 2.45) is 0 Å². The number of aromatic nitrogens is 1. The number of carbonyl (C=O) groups excluding carboxylic acids is 1.